The zero-order chi connectivity index (χ0) is 24.4. The smallest absolute Gasteiger partial charge is 0.267 e. The first-order chi connectivity index (χ1) is 14.6. The Balaban J connectivity index is 2.05. The van der Waals surface area contributed by atoms with E-state index in [-0.39, 0.29) is 58.6 Å². The first-order valence-corrected chi connectivity index (χ1v) is 12.5. The van der Waals surface area contributed by atoms with E-state index >= 15 is 0 Å². The summed E-state index contributed by atoms with van der Waals surface area (Å²) in [6.45, 7) is 11.5. The summed E-state index contributed by atoms with van der Waals surface area (Å²) in [5, 5.41) is 5.68. The lowest BCUT2D eigenvalue weighted by atomic mass is 10.1. The molecule has 0 aromatic rings. The van der Waals surface area contributed by atoms with Crippen LogP contribution >= 0.6 is 48.0 Å². The molecule has 176 valence electrons. The van der Waals surface area contributed by atoms with Crippen LogP contribution < -0.4 is 10.6 Å². The van der Waals surface area contributed by atoms with E-state index in [0.29, 0.717) is 8.64 Å². The van der Waals surface area contributed by atoms with Crippen LogP contribution in [0.2, 0.25) is 0 Å². The summed E-state index contributed by atoms with van der Waals surface area (Å²) >= 11 is 12.7. The number of rotatable bonds is 6. The molecule has 0 radical (unpaired) electrons. The van der Waals surface area contributed by atoms with Gasteiger partial charge in [-0.2, -0.15) is 0 Å². The highest BCUT2D eigenvalue weighted by molar-refractivity contribution is 8.29. The third kappa shape index (κ3) is 7.26. The van der Waals surface area contributed by atoms with Crippen LogP contribution in [0.4, 0.5) is 0 Å². The molecule has 2 aliphatic rings. The first kappa shape index (κ1) is 26.7. The van der Waals surface area contributed by atoms with Crippen LogP contribution in [0, 0.1) is 0 Å². The third-order valence-corrected chi connectivity index (χ3v) is 7.08. The Labute approximate surface area is 207 Å². The van der Waals surface area contributed by atoms with Crippen molar-refractivity contribution < 1.29 is 19.2 Å². The standard InChI is InChI=1S/C20H28N4O4S4/c1-19(2,3)21-11(25)7-9-23-15(27)13(31-17(23)29)14-16(28)24(18(30)32-14)10-8-12(26)22-20(4,5)6/h7-10H2,1-6H3,(H,21,25)(H,22,26). The summed E-state index contributed by atoms with van der Waals surface area (Å²) in [4.78, 5) is 53.1. The minimum absolute atomic E-state index is 0.0981. The number of hydrogen-bond acceptors (Lipinski definition) is 8. The number of carbonyl (C=O) groups excluding carboxylic acids is 4. The molecule has 2 aliphatic heterocycles. The minimum atomic E-state index is -0.408. The Morgan fingerprint density at radius 1 is 0.750 bits per heavy atom. The molecule has 0 bridgehead atoms. The molecular formula is C20H28N4O4S4. The van der Waals surface area contributed by atoms with Gasteiger partial charge >= 0.3 is 0 Å². The number of amides is 4. The van der Waals surface area contributed by atoms with Gasteiger partial charge in [0, 0.05) is 37.0 Å². The molecule has 0 saturated carbocycles. The van der Waals surface area contributed by atoms with Crippen molar-refractivity contribution in [3.8, 4) is 0 Å². The third-order valence-electron chi connectivity index (χ3n) is 4.06. The van der Waals surface area contributed by atoms with Gasteiger partial charge in [0.15, 0.2) is 0 Å². The predicted molar refractivity (Wildman–Crippen MR) is 136 cm³/mol. The molecule has 0 unspecified atom stereocenters. The molecule has 2 fully saturated rings. The zero-order valence-corrected chi connectivity index (χ0v) is 22.3. The average Bonchev–Trinajstić information content (AvgIpc) is 3.04. The minimum Gasteiger partial charge on any atom is -0.351 e. The summed E-state index contributed by atoms with van der Waals surface area (Å²) in [7, 11) is 0. The second-order valence-electron chi connectivity index (χ2n) is 9.40. The van der Waals surface area contributed by atoms with Crippen LogP contribution in [0.15, 0.2) is 9.81 Å². The van der Waals surface area contributed by atoms with Gasteiger partial charge in [-0.15, -0.1) is 0 Å². The van der Waals surface area contributed by atoms with Crippen LogP contribution in [0.3, 0.4) is 0 Å². The van der Waals surface area contributed by atoms with Crippen molar-refractivity contribution in [1.82, 2.24) is 20.4 Å². The fourth-order valence-corrected chi connectivity index (χ4v) is 5.62. The van der Waals surface area contributed by atoms with Crippen LogP contribution in [0.1, 0.15) is 54.4 Å². The van der Waals surface area contributed by atoms with Gasteiger partial charge in [-0.05, 0) is 41.5 Å². The van der Waals surface area contributed by atoms with Crippen molar-refractivity contribution in [2.75, 3.05) is 13.1 Å². The monoisotopic (exact) mass is 516 g/mol. The largest absolute Gasteiger partial charge is 0.351 e. The fourth-order valence-electron chi connectivity index (χ4n) is 2.84. The molecule has 0 spiro atoms. The van der Waals surface area contributed by atoms with Crippen molar-refractivity contribution in [3.63, 3.8) is 0 Å². The summed E-state index contributed by atoms with van der Waals surface area (Å²) < 4.78 is 0.590. The first-order valence-electron chi connectivity index (χ1n) is 10.0. The molecule has 8 nitrogen and oxygen atoms in total. The summed E-state index contributed by atoms with van der Waals surface area (Å²) in [6.07, 6.45) is 0.196. The molecule has 12 heteroatoms. The maximum atomic E-state index is 12.9. The fraction of sp³-hybridized carbons (Fsp3) is 0.600. The second-order valence-corrected chi connectivity index (χ2v) is 12.7. The maximum absolute atomic E-state index is 12.9. The SMILES string of the molecule is CC(C)(C)NC(=O)CCN1C(=O)C(=C2SC(=S)N(CCC(=O)NC(C)(C)C)C2=O)SC1=S. The van der Waals surface area contributed by atoms with Crippen molar-refractivity contribution in [1.29, 1.82) is 0 Å². The van der Waals surface area contributed by atoms with Gasteiger partial charge in [-0.25, -0.2) is 0 Å². The number of thiocarbonyl (C=S) groups is 2. The number of nitrogens with zero attached hydrogens (tertiary/aromatic N) is 2. The van der Waals surface area contributed by atoms with Crippen molar-refractivity contribution >= 4 is 80.2 Å². The highest BCUT2D eigenvalue weighted by atomic mass is 32.2. The molecule has 0 atom stereocenters. The van der Waals surface area contributed by atoms with Crippen LogP contribution in [-0.2, 0) is 19.2 Å². The van der Waals surface area contributed by atoms with Crippen molar-refractivity contribution in [2.45, 2.75) is 65.5 Å². The number of hydrogen-bond donors (Lipinski definition) is 2. The number of nitrogens with one attached hydrogen (secondary N) is 2. The van der Waals surface area contributed by atoms with E-state index in [1.807, 2.05) is 41.5 Å². The average molecular weight is 517 g/mol. The number of carbonyl (C=O) groups is 4. The quantitative estimate of drug-likeness (QED) is 0.411. The summed E-state index contributed by atoms with van der Waals surface area (Å²) in [5.74, 6) is -1.19. The van der Waals surface area contributed by atoms with Gasteiger partial charge in [0.2, 0.25) is 11.8 Å². The molecule has 32 heavy (non-hydrogen) atoms. The van der Waals surface area contributed by atoms with Gasteiger partial charge in [0.1, 0.15) is 8.64 Å². The van der Waals surface area contributed by atoms with E-state index < -0.39 is 11.8 Å². The van der Waals surface area contributed by atoms with Crippen molar-refractivity contribution in [3.05, 3.63) is 9.81 Å². The molecular weight excluding hydrogens is 489 g/mol. The lowest BCUT2D eigenvalue weighted by molar-refractivity contribution is -0.127. The van der Waals surface area contributed by atoms with Crippen LogP contribution in [0.25, 0.3) is 0 Å². The molecule has 0 aliphatic carbocycles. The van der Waals surface area contributed by atoms with E-state index in [0.717, 1.165) is 23.5 Å². The van der Waals surface area contributed by atoms with Crippen LogP contribution in [-0.4, -0.2) is 66.2 Å². The summed E-state index contributed by atoms with van der Waals surface area (Å²) in [6, 6.07) is 0. The molecule has 2 N–H and O–H groups in total. The molecule has 2 saturated heterocycles. The lowest BCUT2D eigenvalue weighted by Crippen LogP contribution is -2.42. The summed E-state index contributed by atoms with van der Waals surface area (Å²) in [5.41, 5.74) is -0.741. The second kappa shape index (κ2) is 10.2. The van der Waals surface area contributed by atoms with E-state index in [2.05, 4.69) is 10.6 Å². The Hall–Kier alpha value is -1.50. The van der Waals surface area contributed by atoms with E-state index in [1.54, 1.807) is 0 Å². The Morgan fingerprint density at radius 2 is 1.06 bits per heavy atom. The molecule has 2 heterocycles. The van der Waals surface area contributed by atoms with Crippen LogP contribution in [0.5, 0.6) is 0 Å². The highest BCUT2D eigenvalue weighted by Crippen LogP contribution is 2.42. The highest BCUT2D eigenvalue weighted by Gasteiger charge is 2.42. The number of thioether (sulfide) groups is 2. The van der Waals surface area contributed by atoms with Gasteiger partial charge in [0.05, 0.1) is 9.81 Å². The normalized spacial score (nSPS) is 19.8. The molecule has 2 rings (SSSR count). The lowest BCUT2D eigenvalue weighted by Gasteiger charge is -2.21. The maximum Gasteiger partial charge on any atom is 0.267 e. The molecule has 4 amide bonds. The molecule has 0 aromatic carbocycles. The van der Waals surface area contributed by atoms with Gasteiger partial charge in [-0.3, -0.25) is 29.0 Å². The van der Waals surface area contributed by atoms with E-state index in [4.69, 9.17) is 24.4 Å². The molecule has 0 aromatic heterocycles. The van der Waals surface area contributed by atoms with Gasteiger partial charge in [-0.1, -0.05) is 48.0 Å². The Bertz CT molecular complexity index is 830. The van der Waals surface area contributed by atoms with Gasteiger partial charge in [0.25, 0.3) is 11.8 Å². The predicted octanol–water partition coefficient (Wildman–Crippen LogP) is 2.53. The topological polar surface area (TPSA) is 98.8 Å². The Morgan fingerprint density at radius 3 is 1.34 bits per heavy atom. The zero-order valence-electron chi connectivity index (χ0n) is 19.0. The van der Waals surface area contributed by atoms with E-state index in [1.165, 1.54) is 9.80 Å². The van der Waals surface area contributed by atoms with Gasteiger partial charge < -0.3 is 10.6 Å². The van der Waals surface area contributed by atoms with E-state index in [9.17, 15) is 19.2 Å². The Kier molecular flexibility index (Phi) is 8.52. The van der Waals surface area contributed by atoms with Crippen molar-refractivity contribution in [2.24, 2.45) is 0 Å².